The van der Waals surface area contributed by atoms with Gasteiger partial charge in [0.05, 0.1) is 5.54 Å². The van der Waals surface area contributed by atoms with Gasteiger partial charge >= 0.3 is 0 Å². The minimum atomic E-state index is 0.399. The first-order valence-corrected chi connectivity index (χ1v) is 5.86. The fourth-order valence-corrected chi connectivity index (χ4v) is 3.08. The van der Waals surface area contributed by atoms with E-state index in [1.165, 1.54) is 36.9 Å². The average Bonchev–Trinajstić information content (AvgIpc) is 3.07. The molecule has 3 aliphatic carbocycles. The van der Waals surface area contributed by atoms with E-state index in [9.17, 15) is 0 Å². The maximum atomic E-state index is 9.08. The Kier molecular flexibility index (Phi) is 1.20. The molecule has 2 saturated carbocycles. The first-order chi connectivity index (χ1) is 7.35. The molecule has 3 aliphatic rings. The lowest BCUT2D eigenvalue weighted by Crippen LogP contribution is -2.15. The molecule has 0 aliphatic heterocycles. The predicted molar refractivity (Wildman–Crippen MR) is 54.3 cm³/mol. The summed E-state index contributed by atoms with van der Waals surface area (Å²) >= 11 is 0. The van der Waals surface area contributed by atoms with Crippen molar-refractivity contribution in [1.82, 2.24) is 9.78 Å². The van der Waals surface area contributed by atoms with E-state index in [-0.39, 0.29) is 0 Å². The fourth-order valence-electron chi connectivity index (χ4n) is 3.08. The van der Waals surface area contributed by atoms with Crippen LogP contribution in [-0.2, 0) is 18.4 Å². The molecule has 0 N–H and O–H groups in total. The van der Waals surface area contributed by atoms with Crippen molar-refractivity contribution >= 4 is 0 Å². The molecule has 2 fully saturated rings. The second-order valence-corrected chi connectivity index (χ2v) is 5.21. The quantitative estimate of drug-likeness (QED) is 0.691. The van der Waals surface area contributed by atoms with Crippen LogP contribution >= 0.6 is 0 Å². The highest BCUT2D eigenvalue weighted by molar-refractivity contribution is 5.40. The lowest BCUT2D eigenvalue weighted by molar-refractivity contribution is 0.493. The maximum Gasteiger partial charge on any atom is 0.165 e. The van der Waals surface area contributed by atoms with E-state index in [0.717, 1.165) is 18.8 Å². The van der Waals surface area contributed by atoms with Crippen LogP contribution in [0, 0.1) is 17.2 Å². The Morgan fingerprint density at radius 2 is 2.07 bits per heavy atom. The van der Waals surface area contributed by atoms with Crippen LogP contribution in [0.2, 0.25) is 0 Å². The minimum Gasteiger partial charge on any atom is -0.262 e. The van der Waals surface area contributed by atoms with Crippen LogP contribution < -0.4 is 0 Å². The number of nitriles is 1. The fraction of sp³-hybridized carbons (Fsp3) is 0.667. The van der Waals surface area contributed by atoms with Crippen LogP contribution in [-0.4, -0.2) is 9.78 Å². The van der Waals surface area contributed by atoms with Gasteiger partial charge in [0.15, 0.2) is 5.69 Å². The van der Waals surface area contributed by atoms with Gasteiger partial charge in [-0.3, -0.25) is 4.68 Å². The molecule has 1 aromatic rings. The highest BCUT2D eigenvalue weighted by Crippen LogP contribution is 2.72. The minimum absolute atomic E-state index is 0.399. The standard InChI is InChI=1S/C12H13N3/c13-7-10-9-3-1-2-4-11(9)15(14-10)12-5-8(12)6-12/h8H,1-6H2. The smallest absolute Gasteiger partial charge is 0.165 e. The summed E-state index contributed by atoms with van der Waals surface area (Å²) < 4.78 is 2.23. The summed E-state index contributed by atoms with van der Waals surface area (Å²) in [5, 5.41) is 13.6. The summed E-state index contributed by atoms with van der Waals surface area (Å²) in [6.45, 7) is 0. The number of hydrogen-bond donors (Lipinski definition) is 0. The Morgan fingerprint density at radius 3 is 2.73 bits per heavy atom. The van der Waals surface area contributed by atoms with Gasteiger partial charge in [-0.15, -0.1) is 0 Å². The zero-order valence-corrected chi connectivity index (χ0v) is 8.66. The highest BCUT2D eigenvalue weighted by Gasteiger charge is 2.72. The van der Waals surface area contributed by atoms with E-state index in [2.05, 4.69) is 15.8 Å². The number of hydrogen-bond acceptors (Lipinski definition) is 2. The van der Waals surface area contributed by atoms with Gasteiger partial charge in [0.2, 0.25) is 0 Å². The predicted octanol–water partition coefficient (Wildman–Crippen LogP) is 1.75. The SMILES string of the molecule is N#Cc1nn(C23CC2C3)c2c1CCCC2. The molecule has 15 heavy (non-hydrogen) atoms. The summed E-state index contributed by atoms with van der Waals surface area (Å²) in [7, 11) is 0. The van der Waals surface area contributed by atoms with Gasteiger partial charge in [0, 0.05) is 11.3 Å². The van der Waals surface area contributed by atoms with Crippen molar-refractivity contribution in [3.8, 4) is 6.07 Å². The molecule has 1 heterocycles. The Balaban J connectivity index is 1.91. The molecule has 0 aromatic carbocycles. The Hall–Kier alpha value is -1.30. The first kappa shape index (κ1) is 7.92. The third-order valence-corrected chi connectivity index (χ3v) is 4.35. The van der Waals surface area contributed by atoms with Gasteiger partial charge in [0.25, 0.3) is 0 Å². The molecule has 1 aromatic heterocycles. The molecular formula is C12H13N3. The van der Waals surface area contributed by atoms with Crippen molar-refractivity contribution in [2.45, 2.75) is 44.1 Å². The van der Waals surface area contributed by atoms with Crippen molar-refractivity contribution in [2.75, 3.05) is 0 Å². The lowest BCUT2D eigenvalue weighted by Gasteiger charge is -2.15. The van der Waals surface area contributed by atoms with Crippen LogP contribution in [0.15, 0.2) is 0 Å². The van der Waals surface area contributed by atoms with Crippen LogP contribution in [0.3, 0.4) is 0 Å². The monoisotopic (exact) mass is 199 g/mol. The molecule has 0 bridgehead atoms. The van der Waals surface area contributed by atoms with Crippen molar-refractivity contribution in [1.29, 1.82) is 5.26 Å². The largest absolute Gasteiger partial charge is 0.262 e. The molecule has 0 amide bonds. The molecule has 76 valence electrons. The maximum absolute atomic E-state index is 9.08. The van der Waals surface area contributed by atoms with Crippen LogP contribution in [0.5, 0.6) is 0 Å². The van der Waals surface area contributed by atoms with Crippen molar-refractivity contribution in [3.05, 3.63) is 17.0 Å². The van der Waals surface area contributed by atoms with Gasteiger partial charge in [-0.05, 0) is 44.4 Å². The van der Waals surface area contributed by atoms with Crippen LogP contribution in [0.1, 0.15) is 42.6 Å². The van der Waals surface area contributed by atoms with E-state index in [1.54, 1.807) is 0 Å². The summed E-state index contributed by atoms with van der Waals surface area (Å²) in [6, 6.07) is 2.26. The van der Waals surface area contributed by atoms with Gasteiger partial charge < -0.3 is 0 Å². The summed E-state index contributed by atoms with van der Waals surface area (Å²) in [5.74, 6) is 0.898. The molecule has 3 heteroatoms. The van der Waals surface area contributed by atoms with Crippen LogP contribution in [0.25, 0.3) is 0 Å². The normalized spacial score (nSPS) is 35.3. The van der Waals surface area contributed by atoms with Crippen molar-refractivity contribution < 1.29 is 0 Å². The average molecular weight is 199 g/mol. The third-order valence-electron chi connectivity index (χ3n) is 4.35. The van der Waals surface area contributed by atoms with Crippen molar-refractivity contribution in [2.24, 2.45) is 5.92 Å². The molecule has 0 atom stereocenters. The van der Waals surface area contributed by atoms with E-state index in [0.29, 0.717) is 11.2 Å². The third kappa shape index (κ3) is 0.836. The number of fused-ring (bicyclic) bond motifs is 2. The Morgan fingerprint density at radius 1 is 1.33 bits per heavy atom. The molecule has 0 radical (unpaired) electrons. The number of rotatable bonds is 1. The molecular weight excluding hydrogens is 186 g/mol. The Bertz CT molecular complexity index is 486. The summed E-state index contributed by atoms with van der Waals surface area (Å²) in [4.78, 5) is 0. The number of nitrogens with zero attached hydrogens (tertiary/aromatic N) is 3. The molecule has 4 rings (SSSR count). The first-order valence-electron chi connectivity index (χ1n) is 5.86. The highest BCUT2D eigenvalue weighted by atomic mass is 15.4. The van der Waals surface area contributed by atoms with Gasteiger partial charge in [0.1, 0.15) is 6.07 Å². The summed E-state index contributed by atoms with van der Waals surface area (Å²) in [5.41, 5.74) is 3.75. The van der Waals surface area contributed by atoms with E-state index in [4.69, 9.17) is 5.26 Å². The van der Waals surface area contributed by atoms with Gasteiger partial charge in [-0.1, -0.05) is 0 Å². The lowest BCUT2D eigenvalue weighted by atomic mass is 9.96. The Labute approximate surface area is 88.7 Å². The molecule has 0 unspecified atom stereocenters. The molecule has 3 nitrogen and oxygen atoms in total. The van der Waals surface area contributed by atoms with Gasteiger partial charge in [-0.25, -0.2) is 0 Å². The van der Waals surface area contributed by atoms with E-state index in [1.807, 2.05) is 0 Å². The van der Waals surface area contributed by atoms with E-state index < -0.39 is 0 Å². The summed E-state index contributed by atoms with van der Waals surface area (Å²) in [6.07, 6.45) is 7.32. The van der Waals surface area contributed by atoms with Crippen LogP contribution in [0.4, 0.5) is 0 Å². The molecule has 0 saturated heterocycles. The zero-order valence-electron chi connectivity index (χ0n) is 8.66. The number of aromatic nitrogens is 2. The molecule has 0 spiro atoms. The topological polar surface area (TPSA) is 41.6 Å². The second kappa shape index (κ2) is 2.27. The van der Waals surface area contributed by atoms with Crippen molar-refractivity contribution in [3.63, 3.8) is 0 Å². The second-order valence-electron chi connectivity index (χ2n) is 5.21. The zero-order chi connectivity index (χ0) is 10.0. The van der Waals surface area contributed by atoms with Gasteiger partial charge in [-0.2, -0.15) is 10.4 Å². The van der Waals surface area contributed by atoms with E-state index >= 15 is 0 Å².